The number of nitrogens with one attached hydrogen (secondary N) is 1. The van der Waals surface area contributed by atoms with E-state index in [0.717, 1.165) is 12.8 Å². The predicted molar refractivity (Wildman–Crippen MR) is 47.1 cm³/mol. The summed E-state index contributed by atoms with van der Waals surface area (Å²) >= 11 is 0. The molecule has 0 aromatic carbocycles. The predicted octanol–water partition coefficient (Wildman–Crippen LogP) is 1.80. The van der Waals surface area contributed by atoms with Gasteiger partial charge in [0.15, 0.2) is 0 Å². The van der Waals surface area contributed by atoms with Crippen LogP contribution in [0.1, 0.15) is 26.7 Å². The Morgan fingerprint density at radius 1 is 1.46 bits per heavy atom. The Balaban J connectivity index is 2.10. The highest BCUT2D eigenvalue weighted by atomic mass is 19.3. The number of halogens is 2. The molecule has 1 aliphatic rings. The molecule has 0 radical (unpaired) electrons. The van der Waals surface area contributed by atoms with E-state index >= 15 is 0 Å². The minimum Gasteiger partial charge on any atom is -0.372 e. The van der Waals surface area contributed by atoms with Crippen molar-refractivity contribution >= 4 is 0 Å². The maximum atomic E-state index is 13.0. The minimum atomic E-state index is -2.73. The van der Waals surface area contributed by atoms with Gasteiger partial charge in [0.25, 0.3) is 5.92 Å². The van der Waals surface area contributed by atoms with Crippen molar-refractivity contribution in [3.05, 3.63) is 0 Å². The molecule has 0 bridgehead atoms. The fraction of sp³-hybridized carbons (Fsp3) is 1.00. The van der Waals surface area contributed by atoms with E-state index in [0.29, 0.717) is 0 Å². The van der Waals surface area contributed by atoms with Crippen molar-refractivity contribution in [1.82, 2.24) is 5.32 Å². The van der Waals surface area contributed by atoms with E-state index in [-0.39, 0.29) is 18.7 Å². The van der Waals surface area contributed by atoms with E-state index in [9.17, 15) is 8.78 Å². The second kappa shape index (κ2) is 4.33. The third-order valence-electron chi connectivity index (χ3n) is 1.82. The van der Waals surface area contributed by atoms with Crippen LogP contribution in [0.25, 0.3) is 0 Å². The molecular formula is C9H17F2NO. The number of hydrogen-bond donors (Lipinski definition) is 1. The zero-order chi connectivity index (χ0) is 9.90. The van der Waals surface area contributed by atoms with Gasteiger partial charge in [-0.05, 0) is 12.8 Å². The molecule has 13 heavy (non-hydrogen) atoms. The fourth-order valence-electron chi connectivity index (χ4n) is 0.879. The van der Waals surface area contributed by atoms with Crippen LogP contribution in [0.15, 0.2) is 0 Å². The Labute approximate surface area is 77.6 Å². The maximum absolute atomic E-state index is 13.0. The molecular weight excluding hydrogens is 176 g/mol. The molecule has 1 rings (SSSR count). The van der Waals surface area contributed by atoms with E-state index in [4.69, 9.17) is 4.74 Å². The van der Waals surface area contributed by atoms with Crippen molar-refractivity contribution < 1.29 is 13.5 Å². The van der Waals surface area contributed by atoms with Crippen molar-refractivity contribution in [2.75, 3.05) is 13.2 Å². The Hall–Kier alpha value is -0.220. The third-order valence-corrected chi connectivity index (χ3v) is 1.82. The summed E-state index contributed by atoms with van der Waals surface area (Å²) in [7, 11) is 0. The lowest BCUT2D eigenvalue weighted by molar-refractivity contribution is -0.0802. The summed E-state index contributed by atoms with van der Waals surface area (Å²) in [5.41, 5.74) is 0. The van der Waals surface area contributed by atoms with Crippen molar-refractivity contribution in [3.8, 4) is 0 Å². The molecule has 0 amide bonds. The van der Waals surface area contributed by atoms with Gasteiger partial charge in [-0.25, -0.2) is 8.78 Å². The largest absolute Gasteiger partial charge is 0.372 e. The lowest BCUT2D eigenvalue weighted by Crippen LogP contribution is -2.39. The summed E-state index contributed by atoms with van der Waals surface area (Å²) in [5, 5.41) is 2.70. The van der Waals surface area contributed by atoms with Crippen molar-refractivity contribution in [1.29, 1.82) is 0 Å². The summed E-state index contributed by atoms with van der Waals surface area (Å²) in [5.74, 6) is -2.73. The second-order valence-electron chi connectivity index (χ2n) is 3.90. The van der Waals surface area contributed by atoms with E-state index in [1.807, 2.05) is 13.8 Å². The molecule has 4 heteroatoms. The molecule has 1 N–H and O–H groups in total. The highest BCUT2D eigenvalue weighted by Gasteiger charge is 2.33. The summed E-state index contributed by atoms with van der Waals surface area (Å²) < 4.78 is 30.9. The van der Waals surface area contributed by atoms with Crippen LogP contribution in [0, 0.1) is 0 Å². The number of hydrogen-bond acceptors (Lipinski definition) is 2. The van der Waals surface area contributed by atoms with Crippen LogP contribution in [0.3, 0.4) is 0 Å². The molecule has 1 saturated carbocycles. The van der Waals surface area contributed by atoms with Crippen molar-refractivity contribution in [2.24, 2.45) is 0 Å². The summed E-state index contributed by atoms with van der Waals surface area (Å²) in [6, 6.07) is 0.0896. The molecule has 0 aliphatic heterocycles. The minimum absolute atomic E-state index is 0.0896. The van der Waals surface area contributed by atoms with E-state index in [2.05, 4.69) is 5.32 Å². The van der Waals surface area contributed by atoms with Crippen LogP contribution < -0.4 is 5.32 Å². The van der Waals surface area contributed by atoms with Crippen LogP contribution in [-0.4, -0.2) is 31.2 Å². The quantitative estimate of drug-likeness (QED) is 0.694. The molecule has 2 nitrogen and oxygen atoms in total. The molecule has 78 valence electrons. The van der Waals surface area contributed by atoms with E-state index < -0.39 is 12.5 Å². The lowest BCUT2D eigenvalue weighted by atomic mass is 10.3. The molecule has 1 aliphatic carbocycles. The Morgan fingerprint density at radius 2 is 2.08 bits per heavy atom. The number of rotatable bonds is 6. The average Bonchev–Trinajstić information content (AvgIpc) is 2.81. The van der Waals surface area contributed by atoms with Crippen LogP contribution in [0.4, 0.5) is 8.78 Å². The summed E-state index contributed by atoms with van der Waals surface area (Å²) in [4.78, 5) is 0. The van der Waals surface area contributed by atoms with E-state index in [1.165, 1.54) is 0 Å². The fourth-order valence-corrected chi connectivity index (χ4v) is 0.879. The summed E-state index contributed by atoms with van der Waals surface area (Å²) in [6.07, 6.45) is 1.98. The molecule has 0 aromatic rings. The van der Waals surface area contributed by atoms with Gasteiger partial charge in [0.1, 0.15) is 6.61 Å². The Kier molecular flexibility index (Phi) is 3.62. The zero-order valence-corrected chi connectivity index (χ0v) is 8.15. The van der Waals surface area contributed by atoms with Gasteiger partial charge < -0.3 is 10.1 Å². The van der Waals surface area contributed by atoms with Gasteiger partial charge in [0.05, 0.1) is 12.6 Å². The molecule has 0 spiro atoms. The highest BCUT2D eigenvalue weighted by Crippen LogP contribution is 2.25. The first-order valence-corrected chi connectivity index (χ1v) is 4.72. The first kappa shape index (κ1) is 10.9. The molecule has 0 atom stereocenters. The Morgan fingerprint density at radius 3 is 2.54 bits per heavy atom. The smallest absolute Gasteiger partial charge is 0.283 e. The number of alkyl halides is 2. The van der Waals surface area contributed by atoms with Crippen molar-refractivity contribution in [3.63, 3.8) is 0 Å². The molecule has 0 saturated heterocycles. The molecule has 0 heterocycles. The van der Waals surface area contributed by atoms with E-state index in [1.54, 1.807) is 0 Å². The van der Waals surface area contributed by atoms with Gasteiger partial charge in [0, 0.05) is 6.04 Å². The maximum Gasteiger partial charge on any atom is 0.283 e. The molecule has 0 unspecified atom stereocenters. The van der Waals surface area contributed by atoms with Crippen LogP contribution >= 0.6 is 0 Å². The zero-order valence-electron chi connectivity index (χ0n) is 8.15. The van der Waals surface area contributed by atoms with Crippen LogP contribution in [0.2, 0.25) is 0 Å². The van der Waals surface area contributed by atoms with Crippen LogP contribution in [0.5, 0.6) is 0 Å². The van der Waals surface area contributed by atoms with Gasteiger partial charge in [-0.1, -0.05) is 13.8 Å². The van der Waals surface area contributed by atoms with Gasteiger partial charge in [0.2, 0.25) is 0 Å². The highest BCUT2D eigenvalue weighted by molar-refractivity contribution is 4.77. The summed E-state index contributed by atoms with van der Waals surface area (Å²) in [6.45, 7) is 2.95. The molecule has 1 fully saturated rings. The topological polar surface area (TPSA) is 21.3 Å². The standard InChI is InChI=1S/C9H17F2NO/c1-7(2)12-5-9(10,11)6-13-8-3-4-8/h7-8,12H,3-6H2,1-2H3. The second-order valence-corrected chi connectivity index (χ2v) is 3.90. The monoisotopic (exact) mass is 193 g/mol. The van der Waals surface area contributed by atoms with Gasteiger partial charge >= 0.3 is 0 Å². The first-order valence-electron chi connectivity index (χ1n) is 4.72. The lowest BCUT2D eigenvalue weighted by Gasteiger charge is -2.18. The van der Waals surface area contributed by atoms with Crippen molar-refractivity contribution in [2.45, 2.75) is 44.8 Å². The third kappa shape index (κ3) is 5.16. The first-order chi connectivity index (χ1) is 5.99. The SMILES string of the molecule is CC(C)NCC(F)(F)COC1CC1. The van der Waals surface area contributed by atoms with Crippen LogP contribution in [-0.2, 0) is 4.74 Å². The number of ether oxygens (including phenoxy) is 1. The van der Waals surface area contributed by atoms with Gasteiger partial charge in [-0.15, -0.1) is 0 Å². The molecule has 0 aromatic heterocycles. The normalized spacial score (nSPS) is 18.2. The Bertz CT molecular complexity index is 150. The van der Waals surface area contributed by atoms with Gasteiger partial charge in [-0.2, -0.15) is 0 Å². The average molecular weight is 193 g/mol. The van der Waals surface area contributed by atoms with Gasteiger partial charge in [-0.3, -0.25) is 0 Å².